The van der Waals surface area contributed by atoms with Crippen molar-refractivity contribution in [2.45, 2.75) is 25.4 Å². The van der Waals surface area contributed by atoms with Crippen LogP contribution in [0.2, 0.25) is 0 Å². The topological polar surface area (TPSA) is 37.6 Å². The lowest BCUT2D eigenvalue weighted by Crippen LogP contribution is -2.24. The van der Waals surface area contributed by atoms with E-state index in [0.29, 0.717) is 6.04 Å². The summed E-state index contributed by atoms with van der Waals surface area (Å²) in [6.45, 7) is 1.83. The highest BCUT2D eigenvalue weighted by Crippen LogP contribution is 2.35. The van der Waals surface area contributed by atoms with E-state index in [1.54, 1.807) is 16.7 Å². The van der Waals surface area contributed by atoms with Crippen molar-refractivity contribution in [3.8, 4) is 0 Å². The fourth-order valence-corrected chi connectivity index (χ4v) is 4.63. The molecule has 1 atom stereocenters. The smallest absolute Gasteiger partial charge is 0.258 e. The molecule has 108 valence electrons. The Morgan fingerprint density at radius 3 is 3.14 bits per heavy atom. The van der Waals surface area contributed by atoms with E-state index < -0.39 is 0 Å². The van der Waals surface area contributed by atoms with Crippen LogP contribution >= 0.6 is 22.7 Å². The molecule has 1 aliphatic heterocycles. The summed E-state index contributed by atoms with van der Waals surface area (Å²) >= 11 is 3.32. The molecule has 0 aliphatic carbocycles. The van der Waals surface area contributed by atoms with Crippen LogP contribution in [0.25, 0.3) is 4.96 Å². The maximum atomic E-state index is 12.1. The van der Waals surface area contributed by atoms with E-state index in [1.807, 2.05) is 16.7 Å². The molecule has 1 fully saturated rings. The summed E-state index contributed by atoms with van der Waals surface area (Å²) in [4.78, 5) is 21.3. The first-order valence-corrected chi connectivity index (χ1v) is 8.80. The normalized spacial score (nSPS) is 19.5. The average Bonchev–Trinajstić information content (AvgIpc) is 3.19. The molecule has 0 aromatic carbocycles. The van der Waals surface area contributed by atoms with Crippen LogP contribution in [0.3, 0.4) is 0 Å². The number of thiazole rings is 1. The lowest BCUT2D eigenvalue weighted by atomic mass is 10.2. The highest BCUT2D eigenvalue weighted by molar-refractivity contribution is 7.15. The van der Waals surface area contributed by atoms with Crippen LogP contribution in [0, 0.1) is 0 Å². The van der Waals surface area contributed by atoms with Gasteiger partial charge in [-0.3, -0.25) is 14.1 Å². The van der Waals surface area contributed by atoms with Gasteiger partial charge in [-0.05, 0) is 30.8 Å². The monoisotopic (exact) mass is 317 g/mol. The largest absolute Gasteiger partial charge is 0.290 e. The standard InChI is InChI=1S/C15H15N3OS2/c19-14-9-11(16-15-18(14)6-8-21-15)10-17-5-1-3-12(17)13-4-2-7-20-13/h2,4,6-9,12H,1,3,5,10H2/t12-/m0/s1. The van der Waals surface area contributed by atoms with Gasteiger partial charge in [0.1, 0.15) is 0 Å². The summed E-state index contributed by atoms with van der Waals surface area (Å²) in [5.41, 5.74) is 0.897. The van der Waals surface area contributed by atoms with Gasteiger partial charge in [0.2, 0.25) is 0 Å². The molecule has 0 spiro atoms. The molecule has 4 heterocycles. The predicted octanol–water partition coefficient (Wildman–Crippen LogP) is 3.15. The van der Waals surface area contributed by atoms with Crippen molar-refractivity contribution in [1.29, 1.82) is 0 Å². The number of nitrogens with zero attached hydrogens (tertiary/aromatic N) is 3. The Balaban J connectivity index is 1.63. The van der Waals surface area contributed by atoms with Gasteiger partial charge >= 0.3 is 0 Å². The molecule has 0 amide bonds. The minimum absolute atomic E-state index is 0.0168. The Kier molecular flexibility index (Phi) is 3.37. The summed E-state index contributed by atoms with van der Waals surface area (Å²) in [7, 11) is 0. The zero-order valence-electron chi connectivity index (χ0n) is 11.4. The number of hydrogen-bond donors (Lipinski definition) is 0. The van der Waals surface area contributed by atoms with E-state index in [-0.39, 0.29) is 5.56 Å². The van der Waals surface area contributed by atoms with E-state index in [9.17, 15) is 4.79 Å². The fraction of sp³-hybridized carbons (Fsp3) is 0.333. The molecule has 0 bridgehead atoms. The molecule has 0 radical (unpaired) electrons. The summed E-state index contributed by atoms with van der Waals surface area (Å²) < 4.78 is 1.61. The van der Waals surface area contributed by atoms with Gasteiger partial charge in [0.15, 0.2) is 4.96 Å². The average molecular weight is 317 g/mol. The van der Waals surface area contributed by atoms with Crippen LogP contribution in [0.15, 0.2) is 40.0 Å². The van der Waals surface area contributed by atoms with Crippen molar-refractivity contribution >= 4 is 27.6 Å². The number of likely N-dealkylation sites (tertiary alicyclic amines) is 1. The molecular weight excluding hydrogens is 302 g/mol. The van der Waals surface area contributed by atoms with E-state index in [2.05, 4.69) is 27.4 Å². The molecule has 0 N–H and O–H groups in total. The Morgan fingerprint density at radius 1 is 1.33 bits per heavy atom. The van der Waals surface area contributed by atoms with Gasteiger partial charge in [-0.15, -0.1) is 22.7 Å². The summed E-state index contributed by atoms with van der Waals surface area (Å²) in [6, 6.07) is 6.47. The van der Waals surface area contributed by atoms with E-state index in [1.165, 1.54) is 29.1 Å². The molecule has 1 saturated heterocycles. The van der Waals surface area contributed by atoms with Crippen LogP contribution in [0.4, 0.5) is 0 Å². The lowest BCUT2D eigenvalue weighted by Gasteiger charge is -2.23. The fourth-order valence-electron chi connectivity index (χ4n) is 3.00. The van der Waals surface area contributed by atoms with Gasteiger partial charge in [0.25, 0.3) is 5.56 Å². The molecule has 4 nitrogen and oxygen atoms in total. The first-order valence-electron chi connectivity index (χ1n) is 7.04. The van der Waals surface area contributed by atoms with Crippen LogP contribution in [-0.4, -0.2) is 20.8 Å². The maximum absolute atomic E-state index is 12.1. The number of thiophene rings is 1. The second-order valence-corrected chi connectivity index (χ2v) is 7.14. The minimum Gasteiger partial charge on any atom is -0.290 e. The number of rotatable bonds is 3. The first kappa shape index (κ1) is 13.2. The van der Waals surface area contributed by atoms with Crippen LogP contribution in [-0.2, 0) is 6.54 Å². The van der Waals surface area contributed by atoms with Gasteiger partial charge in [0.05, 0.1) is 5.69 Å². The summed E-state index contributed by atoms with van der Waals surface area (Å²) in [5, 5.41) is 4.03. The highest BCUT2D eigenvalue weighted by Gasteiger charge is 2.27. The number of fused-ring (bicyclic) bond motifs is 1. The Bertz CT molecular complexity index is 806. The third-order valence-corrected chi connectivity index (χ3v) is 5.69. The first-order chi connectivity index (χ1) is 10.3. The molecule has 0 saturated carbocycles. The third kappa shape index (κ3) is 2.43. The molecule has 3 aromatic rings. The molecule has 21 heavy (non-hydrogen) atoms. The van der Waals surface area contributed by atoms with E-state index in [4.69, 9.17) is 0 Å². The summed E-state index contributed by atoms with van der Waals surface area (Å²) in [5.74, 6) is 0. The van der Waals surface area contributed by atoms with Crippen molar-refractivity contribution in [3.05, 3.63) is 56.1 Å². The second-order valence-electron chi connectivity index (χ2n) is 5.29. The Hall–Kier alpha value is -1.50. The van der Waals surface area contributed by atoms with E-state index >= 15 is 0 Å². The minimum atomic E-state index is 0.0168. The highest BCUT2D eigenvalue weighted by atomic mass is 32.1. The summed E-state index contributed by atoms with van der Waals surface area (Å²) in [6.07, 6.45) is 4.19. The zero-order valence-corrected chi connectivity index (χ0v) is 13.1. The molecule has 3 aromatic heterocycles. The molecule has 0 unspecified atom stereocenters. The van der Waals surface area contributed by atoms with Crippen molar-refractivity contribution < 1.29 is 0 Å². The molecule has 6 heteroatoms. The van der Waals surface area contributed by atoms with Crippen molar-refractivity contribution in [1.82, 2.24) is 14.3 Å². The van der Waals surface area contributed by atoms with E-state index in [0.717, 1.165) is 23.7 Å². The van der Waals surface area contributed by atoms with Gasteiger partial charge < -0.3 is 0 Å². The molecule has 4 rings (SSSR count). The Labute approximate surface area is 130 Å². The predicted molar refractivity (Wildman–Crippen MR) is 86.0 cm³/mol. The van der Waals surface area contributed by atoms with Gasteiger partial charge in [-0.1, -0.05) is 6.07 Å². The van der Waals surface area contributed by atoms with Crippen molar-refractivity contribution in [2.24, 2.45) is 0 Å². The van der Waals surface area contributed by atoms with Crippen molar-refractivity contribution in [2.75, 3.05) is 6.54 Å². The lowest BCUT2D eigenvalue weighted by molar-refractivity contribution is 0.248. The third-order valence-electron chi connectivity index (χ3n) is 3.96. The van der Waals surface area contributed by atoms with Crippen LogP contribution in [0.1, 0.15) is 29.5 Å². The Morgan fingerprint density at radius 2 is 2.29 bits per heavy atom. The molecule has 1 aliphatic rings. The number of aromatic nitrogens is 2. The SMILES string of the molecule is O=c1cc(CN2CCC[C@H]2c2cccs2)nc2sccn12. The van der Waals surface area contributed by atoms with Gasteiger partial charge in [0, 0.05) is 35.1 Å². The van der Waals surface area contributed by atoms with Crippen LogP contribution < -0.4 is 5.56 Å². The van der Waals surface area contributed by atoms with Crippen molar-refractivity contribution in [3.63, 3.8) is 0 Å². The van der Waals surface area contributed by atoms with Gasteiger partial charge in [-0.25, -0.2) is 4.98 Å². The quantitative estimate of drug-likeness (QED) is 0.745. The molecular formula is C15H15N3OS2. The van der Waals surface area contributed by atoms with Crippen LogP contribution in [0.5, 0.6) is 0 Å². The number of hydrogen-bond acceptors (Lipinski definition) is 5. The zero-order chi connectivity index (χ0) is 14.2. The second kappa shape index (κ2) is 5.36. The maximum Gasteiger partial charge on any atom is 0.258 e. The van der Waals surface area contributed by atoms with Gasteiger partial charge in [-0.2, -0.15) is 0 Å².